The summed E-state index contributed by atoms with van der Waals surface area (Å²) in [6.07, 6.45) is 0.818. The van der Waals surface area contributed by atoms with Gasteiger partial charge in [0.1, 0.15) is 0 Å². The normalized spacial score (nSPS) is 10.1. The van der Waals surface area contributed by atoms with Crippen molar-refractivity contribution < 1.29 is 14.3 Å². The first-order chi connectivity index (χ1) is 10.6. The maximum absolute atomic E-state index is 11.9. The first-order valence-corrected chi connectivity index (χ1v) is 8.30. The fourth-order valence-electron chi connectivity index (χ4n) is 1.87. The maximum atomic E-state index is 11.9. The van der Waals surface area contributed by atoms with Crippen LogP contribution in [0.3, 0.4) is 0 Å². The van der Waals surface area contributed by atoms with E-state index >= 15 is 0 Å². The van der Waals surface area contributed by atoms with Gasteiger partial charge < -0.3 is 20.1 Å². The molecular formula is C15H17BrN2O3S. The average molecular weight is 385 g/mol. The smallest absolute Gasteiger partial charge is 0.319 e. The molecule has 7 heteroatoms. The van der Waals surface area contributed by atoms with Crippen molar-refractivity contribution in [2.45, 2.75) is 6.42 Å². The number of anilines is 1. The average Bonchev–Trinajstić information content (AvgIpc) is 3.02. The Kier molecular flexibility index (Phi) is 6.09. The van der Waals surface area contributed by atoms with Crippen LogP contribution in [0.15, 0.2) is 34.1 Å². The molecule has 0 saturated heterocycles. The molecule has 0 spiro atoms. The fourth-order valence-corrected chi connectivity index (χ4v) is 3.00. The predicted molar refractivity (Wildman–Crippen MR) is 92.3 cm³/mol. The van der Waals surface area contributed by atoms with Gasteiger partial charge in [0, 0.05) is 28.0 Å². The molecule has 0 unspecified atom stereocenters. The lowest BCUT2D eigenvalue weighted by Gasteiger charge is -2.13. The van der Waals surface area contributed by atoms with Crippen LogP contribution in [0.5, 0.6) is 11.5 Å². The third-order valence-corrected chi connectivity index (χ3v) is 4.55. The number of carbonyl (C=O) groups is 1. The molecule has 2 amide bonds. The monoisotopic (exact) mass is 384 g/mol. The van der Waals surface area contributed by atoms with E-state index in [9.17, 15) is 4.79 Å². The Bertz CT molecular complexity index is 632. The van der Waals surface area contributed by atoms with Gasteiger partial charge in [0.25, 0.3) is 0 Å². The zero-order chi connectivity index (χ0) is 15.9. The minimum Gasteiger partial charge on any atom is -0.493 e. The quantitative estimate of drug-likeness (QED) is 0.793. The Morgan fingerprint density at radius 3 is 2.64 bits per heavy atom. The molecule has 2 aromatic rings. The van der Waals surface area contributed by atoms with Crippen molar-refractivity contribution in [3.63, 3.8) is 0 Å². The van der Waals surface area contributed by atoms with E-state index in [0.717, 1.165) is 10.9 Å². The molecular weight excluding hydrogens is 368 g/mol. The molecule has 22 heavy (non-hydrogen) atoms. The largest absolute Gasteiger partial charge is 0.493 e. The maximum Gasteiger partial charge on any atom is 0.319 e. The van der Waals surface area contributed by atoms with E-state index in [1.807, 2.05) is 11.4 Å². The summed E-state index contributed by atoms with van der Waals surface area (Å²) in [4.78, 5) is 13.2. The van der Waals surface area contributed by atoms with Crippen LogP contribution in [-0.2, 0) is 6.42 Å². The van der Waals surface area contributed by atoms with E-state index in [4.69, 9.17) is 9.47 Å². The van der Waals surface area contributed by atoms with E-state index < -0.39 is 0 Å². The van der Waals surface area contributed by atoms with E-state index in [1.54, 1.807) is 37.7 Å². The minimum absolute atomic E-state index is 0.260. The molecule has 0 radical (unpaired) electrons. The van der Waals surface area contributed by atoms with E-state index in [1.165, 1.54) is 4.88 Å². The molecule has 1 aromatic carbocycles. The number of rotatable bonds is 6. The van der Waals surface area contributed by atoms with Crippen molar-refractivity contribution in [2.75, 3.05) is 26.1 Å². The third kappa shape index (κ3) is 4.38. The summed E-state index contributed by atoms with van der Waals surface area (Å²) in [5, 5.41) is 7.64. The number of amides is 2. The number of benzene rings is 1. The Hall–Kier alpha value is -1.73. The topological polar surface area (TPSA) is 59.6 Å². The second kappa shape index (κ2) is 8.05. The van der Waals surface area contributed by atoms with Crippen LogP contribution in [-0.4, -0.2) is 26.8 Å². The molecule has 5 nitrogen and oxygen atoms in total. The Morgan fingerprint density at radius 1 is 1.27 bits per heavy atom. The van der Waals surface area contributed by atoms with Gasteiger partial charge in [-0.3, -0.25) is 0 Å². The van der Waals surface area contributed by atoms with Gasteiger partial charge in [-0.05, 0) is 33.8 Å². The van der Waals surface area contributed by atoms with Gasteiger partial charge >= 0.3 is 6.03 Å². The fraction of sp³-hybridized carbons (Fsp3) is 0.267. The van der Waals surface area contributed by atoms with Crippen LogP contribution in [0, 0.1) is 0 Å². The summed E-state index contributed by atoms with van der Waals surface area (Å²) in [6, 6.07) is 7.25. The summed E-state index contributed by atoms with van der Waals surface area (Å²) in [6.45, 7) is 0.581. The van der Waals surface area contributed by atoms with Crippen LogP contribution in [0.4, 0.5) is 10.5 Å². The van der Waals surface area contributed by atoms with Crippen molar-refractivity contribution in [2.24, 2.45) is 0 Å². The molecule has 1 heterocycles. The summed E-state index contributed by atoms with van der Waals surface area (Å²) in [5.74, 6) is 1.15. The number of halogens is 1. The first kappa shape index (κ1) is 16.6. The SMILES string of the molecule is COc1cc(Br)c(NC(=O)NCCc2cccs2)cc1OC. The molecule has 2 N–H and O–H groups in total. The highest BCUT2D eigenvalue weighted by Crippen LogP contribution is 2.36. The highest BCUT2D eigenvalue weighted by Gasteiger charge is 2.11. The zero-order valence-corrected chi connectivity index (χ0v) is 14.7. The van der Waals surface area contributed by atoms with Crippen LogP contribution >= 0.6 is 27.3 Å². The van der Waals surface area contributed by atoms with Gasteiger partial charge in [0.05, 0.1) is 19.9 Å². The van der Waals surface area contributed by atoms with Crippen molar-refractivity contribution in [3.8, 4) is 11.5 Å². The highest BCUT2D eigenvalue weighted by atomic mass is 79.9. The number of carbonyl (C=O) groups excluding carboxylic acids is 1. The zero-order valence-electron chi connectivity index (χ0n) is 12.3. The van der Waals surface area contributed by atoms with Crippen LogP contribution in [0.1, 0.15) is 4.88 Å². The molecule has 0 bridgehead atoms. The van der Waals surface area contributed by atoms with Crippen molar-refractivity contribution >= 4 is 39.0 Å². The lowest BCUT2D eigenvalue weighted by atomic mass is 10.2. The molecule has 0 saturated carbocycles. The molecule has 118 valence electrons. The lowest BCUT2D eigenvalue weighted by molar-refractivity contribution is 0.252. The standard InChI is InChI=1S/C15H17BrN2O3S/c1-20-13-8-11(16)12(9-14(13)21-2)18-15(19)17-6-5-10-4-3-7-22-10/h3-4,7-9H,5-6H2,1-2H3,(H2,17,18,19). The number of urea groups is 1. The van der Waals surface area contributed by atoms with Gasteiger partial charge in [0.15, 0.2) is 11.5 Å². The number of hydrogen-bond donors (Lipinski definition) is 2. The number of methoxy groups -OCH3 is 2. The highest BCUT2D eigenvalue weighted by molar-refractivity contribution is 9.10. The minimum atomic E-state index is -0.260. The molecule has 1 aromatic heterocycles. The second-order valence-corrected chi connectivity index (χ2v) is 6.28. The van der Waals surface area contributed by atoms with Crippen LogP contribution in [0.2, 0.25) is 0 Å². The van der Waals surface area contributed by atoms with Gasteiger partial charge in [-0.25, -0.2) is 4.79 Å². The number of thiophene rings is 1. The van der Waals surface area contributed by atoms with E-state index in [-0.39, 0.29) is 6.03 Å². The van der Waals surface area contributed by atoms with Gasteiger partial charge in [-0.2, -0.15) is 0 Å². The number of hydrogen-bond acceptors (Lipinski definition) is 4. The van der Waals surface area contributed by atoms with E-state index in [0.29, 0.717) is 23.7 Å². The molecule has 0 aliphatic rings. The molecule has 0 aliphatic carbocycles. The number of ether oxygens (including phenoxy) is 2. The number of nitrogens with one attached hydrogen (secondary N) is 2. The lowest BCUT2D eigenvalue weighted by Crippen LogP contribution is -2.30. The molecule has 0 atom stereocenters. The summed E-state index contributed by atoms with van der Waals surface area (Å²) >= 11 is 5.08. The van der Waals surface area contributed by atoms with Crippen molar-refractivity contribution in [3.05, 3.63) is 39.0 Å². The van der Waals surface area contributed by atoms with Gasteiger partial charge in [-0.1, -0.05) is 6.07 Å². The summed E-state index contributed by atoms with van der Waals surface area (Å²) in [5.41, 5.74) is 0.617. The van der Waals surface area contributed by atoms with Crippen LogP contribution < -0.4 is 20.1 Å². The first-order valence-electron chi connectivity index (χ1n) is 6.62. The van der Waals surface area contributed by atoms with Crippen molar-refractivity contribution in [1.29, 1.82) is 0 Å². The Morgan fingerprint density at radius 2 is 2.00 bits per heavy atom. The molecule has 0 aliphatic heterocycles. The van der Waals surface area contributed by atoms with Gasteiger partial charge in [0.2, 0.25) is 0 Å². The molecule has 0 fully saturated rings. The Balaban J connectivity index is 1.93. The summed E-state index contributed by atoms with van der Waals surface area (Å²) < 4.78 is 11.1. The van der Waals surface area contributed by atoms with Gasteiger partial charge in [-0.15, -0.1) is 11.3 Å². The van der Waals surface area contributed by atoms with Crippen LogP contribution in [0.25, 0.3) is 0 Å². The van der Waals surface area contributed by atoms with Crippen molar-refractivity contribution in [1.82, 2.24) is 5.32 Å². The third-order valence-electron chi connectivity index (χ3n) is 2.96. The molecule has 2 rings (SSSR count). The van der Waals surface area contributed by atoms with E-state index in [2.05, 4.69) is 32.6 Å². The summed E-state index contributed by atoms with van der Waals surface area (Å²) in [7, 11) is 3.12. The predicted octanol–water partition coefficient (Wildman–Crippen LogP) is 3.89. The Labute approximate surface area is 141 Å². The second-order valence-electron chi connectivity index (χ2n) is 4.40.